The van der Waals surface area contributed by atoms with Crippen molar-refractivity contribution in [3.05, 3.63) is 34.9 Å². The molecule has 0 aromatic heterocycles. The molecule has 118 valence electrons. The second kappa shape index (κ2) is 6.29. The number of hydrogen-bond donors (Lipinski definition) is 1. The van der Waals surface area contributed by atoms with Crippen LogP contribution in [0.4, 0.5) is 0 Å². The smallest absolute Gasteiger partial charge is 0.241 e. The molecule has 1 saturated heterocycles. The minimum atomic E-state index is -0.504. The molecule has 0 spiro atoms. The topological polar surface area (TPSA) is 49.4 Å². The normalized spacial score (nSPS) is 19.6. The van der Waals surface area contributed by atoms with Gasteiger partial charge in [0.15, 0.2) is 0 Å². The number of hydrogen-bond acceptors (Lipinski definition) is 2. The zero-order chi connectivity index (χ0) is 15.6. The van der Waals surface area contributed by atoms with E-state index in [4.69, 9.17) is 11.6 Å². The van der Waals surface area contributed by atoms with Crippen molar-refractivity contribution in [3.63, 3.8) is 0 Å². The average molecular weight is 321 g/mol. The molecule has 3 rings (SSSR count). The highest BCUT2D eigenvalue weighted by molar-refractivity contribution is 6.30. The lowest BCUT2D eigenvalue weighted by atomic mass is 9.64. The van der Waals surface area contributed by atoms with Gasteiger partial charge in [-0.05, 0) is 43.4 Å². The molecule has 1 aromatic rings. The zero-order valence-electron chi connectivity index (χ0n) is 12.6. The molecule has 1 N–H and O–H groups in total. The number of rotatable bonds is 4. The highest BCUT2D eigenvalue weighted by Crippen LogP contribution is 2.44. The second-order valence-corrected chi connectivity index (χ2v) is 6.65. The summed E-state index contributed by atoms with van der Waals surface area (Å²) in [6, 6.07) is 7.50. The van der Waals surface area contributed by atoms with E-state index in [9.17, 15) is 9.59 Å². The van der Waals surface area contributed by atoms with Crippen LogP contribution < -0.4 is 5.32 Å². The number of nitrogens with zero attached hydrogens (tertiary/aromatic N) is 1. The molecule has 2 amide bonds. The highest BCUT2D eigenvalue weighted by atomic mass is 35.5. The van der Waals surface area contributed by atoms with Crippen molar-refractivity contribution in [2.45, 2.75) is 37.5 Å². The molecule has 1 saturated carbocycles. The van der Waals surface area contributed by atoms with Crippen LogP contribution in [0.5, 0.6) is 0 Å². The molecule has 1 aliphatic heterocycles. The number of nitrogens with one attached hydrogen (secondary N) is 1. The lowest BCUT2D eigenvalue weighted by Crippen LogP contribution is -2.51. The molecule has 1 heterocycles. The van der Waals surface area contributed by atoms with Crippen LogP contribution in [-0.4, -0.2) is 36.3 Å². The monoisotopic (exact) mass is 320 g/mol. The summed E-state index contributed by atoms with van der Waals surface area (Å²) in [6.07, 6.45) is 4.78. The maximum Gasteiger partial charge on any atom is 0.241 e. The summed E-state index contributed by atoms with van der Waals surface area (Å²) in [6.45, 7) is 1.73. The molecule has 0 radical (unpaired) electrons. The van der Waals surface area contributed by atoms with E-state index in [2.05, 4.69) is 5.32 Å². The first-order valence-electron chi connectivity index (χ1n) is 7.94. The van der Waals surface area contributed by atoms with Gasteiger partial charge in [0, 0.05) is 18.1 Å². The summed E-state index contributed by atoms with van der Waals surface area (Å²) in [7, 11) is 0. The van der Waals surface area contributed by atoms with Crippen LogP contribution in [0.1, 0.15) is 37.7 Å². The first kappa shape index (κ1) is 15.3. The fourth-order valence-corrected chi connectivity index (χ4v) is 3.56. The van der Waals surface area contributed by atoms with Crippen molar-refractivity contribution < 1.29 is 9.59 Å². The van der Waals surface area contributed by atoms with E-state index in [1.54, 1.807) is 0 Å². The van der Waals surface area contributed by atoms with Crippen LogP contribution in [0.15, 0.2) is 24.3 Å². The Balaban J connectivity index is 1.65. The Bertz CT molecular complexity index is 578. The standard InChI is InChI=1S/C17H21ClN2O2/c18-14-6-3-5-13(11-14)17(7-4-8-17)16(22)19-12-15(21)20-9-1-2-10-20/h3,5-6,11H,1-2,4,7-10,12H2,(H,19,22). The van der Waals surface area contributed by atoms with Crippen molar-refractivity contribution in [1.82, 2.24) is 10.2 Å². The minimum Gasteiger partial charge on any atom is -0.346 e. The summed E-state index contributed by atoms with van der Waals surface area (Å²) < 4.78 is 0. The third-order valence-electron chi connectivity index (χ3n) is 4.88. The van der Waals surface area contributed by atoms with Crippen LogP contribution in [0.3, 0.4) is 0 Å². The predicted octanol–water partition coefficient (Wildman–Crippen LogP) is 2.50. The number of amides is 2. The summed E-state index contributed by atoms with van der Waals surface area (Å²) in [5, 5.41) is 3.49. The van der Waals surface area contributed by atoms with Crippen molar-refractivity contribution in [2.75, 3.05) is 19.6 Å². The molecule has 0 unspecified atom stereocenters. The lowest BCUT2D eigenvalue weighted by molar-refractivity contribution is -0.135. The molecule has 22 heavy (non-hydrogen) atoms. The van der Waals surface area contributed by atoms with Gasteiger partial charge >= 0.3 is 0 Å². The van der Waals surface area contributed by atoms with Crippen LogP contribution in [0.25, 0.3) is 0 Å². The molecular weight excluding hydrogens is 300 g/mol. The molecule has 0 atom stereocenters. The number of halogens is 1. The predicted molar refractivity (Wildman–Crippen MR) is 85.8 cm³/mol. The van der Waals surface area contributed by atoms with Crippen LogP contribution in [-0.2, 0) is 15.0 Å². The Labute approximate surface area is 135 Å². The van der Waals surface area contributed by atoms with Gasteiger partial charge in [0.1, 0.15) is 0 Å². The molecule has 2 aliphatic rings. The molecule has 2 fully saturated rings. The van der Waals surface area contributed by atoms with Crippen LogP contribution in [0, 0.1) is 0 Å². The second-order valence-electron chi connectivity index (χ2n) is 6.22. The highest BCUT2D eigenvalue weighted by Gasteiger charge is 2.45. The first-order valence-corrected chi connectivity index (χ1v) is 8.32. The van der Waals surface area contributed by atoms with E-state index in [-0.39, 0.29) is 18.4 Å². The van der Waals surface area contributed by atoms with Crippen molar-refractivity contribution in [3.8, 4) is 0 Å². The lowest BCUT2D eigenvalue weighted by Gasteiger charge is -2.40. The first-order chi connectivity index (χ1) is 10.6. The molecule has 5 heteroatoms. The number of carbonyl (C=O) groups excluding carboxylic acids is 2. The fraction of sp³-hybridized carbons (Fsp3) is 0.529. The Morgan fingerprint density at radius 3 is 2.50 bits per heavy atom. The molecule has 0 bridgehead atoms. The SMILES string of the molecule is O=C(CNC(=O)C1(c2cccc(Cl)c2)CCC1)N1CCCC1. The molecule has 1 aromatic carbocycles. The average Bonchev–Trinajstić information content (AvgIpc) is 2.98. The van der Waals surface area contributed by atoms with E-state index in [0.717, 1.165) is 50.8 Å². The molecule has 4 nitrogen and oxygen atoms in total. The van der Waals surface area contributed by atoms with Gasteiger partial charge < -0.3 is 10.2 Å². The largest absolute Gasteiger partial charge is 0.346 e. The van der Waals surface area contributed by atoms with Crippen LogP contribution >= 0.6 is 11.6 Å². The van der Waals surface area contributed by atoms with Gasteiger partial charge in [-0.1, -0.05) is 30.2 Å². The Hall–Kier alpha value is -1.55. The van der Waals surface area contributed by atoms with Crippen molar-refractivity contribution in [2.24, 2.45) is 0 Å². The van der Waals surface area contributed by atoms with E-state index >= 15 is 0 Å². The van der Waals surface area contributed by atoms with Gasteiger partial charge in [0.05, 0.1) is 12.0 Å². The quantitative estimate of drug-likeness (QED) is 0.926. The van der Waals surface area contributed by atoms with E-state index in [0.29, 0.717) is 5.02 Å². The van der Waals surface area contributed by atoms with Gasteiger partial charge in [-0.3, -0.25) is 9.59 Å². The maximum absolute atomic E-state index is 12.7. The van der Waals surface area contributed by atoms with Gasteiger partial charge in [0.2, 0.25) is 11.8 Å². The summed E-state index contributed by atoms with van der Waals surface area (Å²) >= 11 is 6.06. The van der Waals surface area contributed by atoms with Gasteiger partial charge in [-0.2, -0.15) is 0 Å². The third kappa shape index (κ3) is 2.84. The molecule has 1 aliphatic carbocycles. The van der Waals surface area contributed by atoms with Gasteiger partial charge in [-0.25, -0.2) is 0 Å². The number of likely N-dealkylation sites (tertiary alicyclic amines) is 1. The number of carbonyl (C=O) groups is 2. The van der Waals surface area contributed by atoms with Crippen molar-refractivity contribution in [1.29, 1.82) is 0 Å². The zero-order valence-corrected chi connectivity index (χ0v) is 13.4. The van der Waals surface area contributed by atoms with Gasteiger partial charge in [-0.15, -0.1) is 0 Å². The Kier molecular flexibility index (Phi) is 4.39. The summed E-state index contributed by atoms with van der Waals surface area (Å²) in [5.74, 6) is -0.0278. The number of benzene rings is 1. The Morgan fingerprint density at radius 1 is 1.18 bits per heavy atom. The van der Waals surface area contributed by atoms with E-state index < -0.39 is 5.41 Å². The Morgan fingerprint density at radius 2 is 1.91 bits per heavy atom. The fourth-order valence-electron chi connectivity index (χ4n) is 3.37. The summed E-state index contributed by atoms with van der Waals surface area (Å²) in [5.41, 5.74) is 0.452. The minimum absolute atomic E-state index is 0.0198. The van der Waals surface area contributed by atoms with Crippen molar-refractivity contribution >= 4 is 23.4 Å². The third-order valence-corrected chi connectivity index (χ3v) is 5.11. The maximum atomic E-state index is 12.7. The van der Waals surface area contributed by atoms with E-state index in [1.165, 1.54) is 0 Å². The molecular formula is C17H21ClN2O2. The van der Waals surface area contributed by atoms with Crippen LogP contribution in [0.2, 0.25) is 5.02 Å². The summed E-state index contributed by atoms with van der Waals surface area (Å²) in [4.78, 5) is 26.5. The van der Waals surface area contributed by atoms with Gasteiger partial charge in [0.25, 0.3) is 0 Å². The van der Waals surface area contributed by atoms with E-state index in [1.807, 2.05) is 29.2 Å².